The van der Waals surface area contributed by atoms with E-state index in [1.807, 2.05) is 78.2 Å². The number of benzene rings is 2. The van der Waals surface area contributed by atoms with Gasteiger partial charge in [-0.05, 0) is 42.7 Å². The molecule has 0 N–H and O–H groups in total. The maximum atomic E-state index is 12.6. The lowest BCUT2D eigenvalue weighted by Gasteiger charge is -2.19. The average Bonchev–Trinajstić information content (AvgIpc) is 3.18. The topological polar surface area (TPSA) is 39.9 Å². The predicted octanol–water partition coefficient (Wildman–Crippen LogP) is 5.46. The van der Waals surface area contributed by atoms with Crippen LogP contribution in [-0.2, 0) is 15.9 Å². The predicted molar refractivity (Wildman–Crippen MR) is 118 cm³/mol. The molecule has 30 heavy (non-hydrogen) atoms. The first kappa shape index (κ1) is 19.9. The molecule has 0 saturated heterocycles. The van der Waals surface area contributed by atoms with E-state index in [4.69, 9.17) is 9.47 Å². The number of hydrogen-bond donors (Lipinski definition) is 0. The molecule has 4 heteroatoms. The molecule has 0 amide bonds. The van der Waals surface area contributed by atoms with E-state index in [0.717, 1.165) is 23.2 Å². The van der Waals surface area contributed by atoms with Gasteiger partial charge in [0, 0.05) is 6.20 Å². The monoisotopic (exact) mass is 399 g/mol. The molecular weight excluding hydrogens is 374 g/mol. The Morgan fingerprint density at radius 1 is 0.933 bits per heavy atom. The van der Waals surface area contributed by atoms with Crippen molar-refractivity contribution >= 4 is 11.5 Å². The molecule has 4 nitrogen and oxygen atoms in total. The van der Waals surface area contributed by atoms with Gasteiger partial charge in [-0.15, -0.1) is 0 Å². The van der Waals surface area contributed by atoms with Gasteiger partial charge in [0.1, 0.15) is 6.10 Å². The van der Waals surface area contributed by atoms with Crippen LogP contribution < -0.4 is 0 Å². The first-order valence-electron chi connectivity index (χ1n) is 10.3. The van der Waals surface area contributed by atoms with Gasteiger partial charge in [-0.3, -0.25) is 0 Å². The Labute approximate surface area is 176 Å². The molecule has 0 fully saturated rings. The smallest absolute Gasteiger partial charge is 0.340 e. The molecule has 0 spiro atoms. The van der Waals surface area contributed by atoms with Crippen LogP contribution in [0.3, 0.4) is 0 Å². The van der Waals surface area contributed by atoms with Crippen LogP contribution in [0.1, 0.15) is 40.2 Å². The summed E-state index contributed by atoms with van der Waals surface area (Å²) in [4.78, 5) is 12.6. The Morgan fingerprint density at radius 3 is 2.37 bits per heavy atom. The Bertz CT molecular complexity index is 1100. The third-order valence-electron chi connectivity index (χ3n) is 5.09. The Hall–Kier alpha value is -3.37. The number of pyridine rings is 1. The Balaban J connectivity index is 1.70. The van der Waals surface area contributed by atoms with Gasteiger partial charge in [0.25, 0.3) is 0 Å². The van der Waals surface area contributed by atoms with E-state index >= 15 is 0 Å². The van der Waals surface area contributed by atoms with Crippen molar-refractivity contribution in [1.82, 2.24) is 4.40 Å². The molecule has 0 aliphatic carbocycles. The number of aromatic nitrogens is 1. The molecule has 4 aromatic rings. The zero-order valence-electron chi connectivity index (χ0n) is 17.0. The summed E-state index contributed by atoms with van der Waals surface area (Å²) in [5.74, 6) is -0.316. The van der Waals surface area contributed by atoms with Crippen LogP contribution in [0.2, 0.25) is 0 Å². The van der Waals surface area contributed by atoms with Crippen molar-refractivity contribution in [3.05, 3.63) is 114 Å². The lowest BCUT2D eigenvalue weighted by Crippen LogP contribution is -2.11. The average molecular weight is 399 g/mol. The van der Waals surface area contributed by atoms with Gasteiger partial charge in [-0.2, -0.15) is 0 Å². The van der Waals surface area contributed by atoms with Gasteiger partial charge < -0.3 is 13.9 Å². The van der Waals surface area contributed by atoms with E-state index < -0.39 is 0 Å². The fraction of sp³-hybridized carbons (Fsp3) is 0.192. The number of ether oxygens (including phenoxy) is 2. The Morgan fingerprint density at radius 2 is 1.63 bits per heavy atom. The third kappa shape index (κ3) is 4.29. The molecule has 152 valence electrons. The van der Waals surface area contributed by atoms with Crippen LogP contribution in [0.5, 0.6) is 0 Å². The number of carbonyl (C=O) groups excluding carboxylic acids is 1. The highest BCUT2D eigenvalue weighted by Crippen LogP contribution is 2.30. The molecule has 2 heterocycles. The first-order chi connectivity index (χ1) is 14.8. The van der Waals surface area contributed by atoms with Crippen LogP contribution >= 0.6 is 0 Å². The highest BCUT2D eigenvalue weighted by atomic mass is 16.5. The van der Waals surface area contributed by atoms with Crippen LogP contribution in [0.4, 0.5) is 0 Å². The first-order valence-corrected chi connectivity index (χ1v) is 10.3. The highest BCUT2D eigenvalue weighted by Gasteiger charge is 2.23. The Kier molecular flexibility index (Phi) is 6.26. The van der Waals surface area contributed by atoms with Crippen molar-refractivity contribution in [1.29, 1.82) is 0 Å². The minimum absolute atomic E-state index is 0.298. The minimum atomic E-state index is -0.316. The summed E-state index contributed by atoms with van der Waals surface area (Å²) in [7, 11) is 0. The summed E-state index contributed by atoms with van der Waals surface area (Å²) >= 11 is 0. The molecule has 0 bridgehead atoms. The summed E-state index contributed by atoms with van der Waals surface area (Å²) in [5, 5.41) is 0. The van der Waals surface area contributed by atoms with Gasteiger partial charge in [-0.25, -0.2) is 4.79 Å². The zero-order chi connectivity index (χ0) is 20.8. The van der Waals surface area contributed by atoms with Crippen molar-refractivity contribution in [2.75, 3.05) is 13.2 Å². The van der Waals surface area contributed by atoms with Crippen LogP contribution in [0, 0.1) is 0 Å². The molecule has 0 unspecified atom stereocenters. The number of esters is 1. The summed E-state index contributed by atoms with van der Waals surface area (Å²) < 4.78 is 13.7. The van der Waals surface area contributed by atoms with E-state index in [1.54, 1.807) is 0 Å². The zero-order valence-corrected chi connectivity index (χ0v) is 17.0. The van der Waals surface area contributed by atoms with E-state index in [1.165, 1.54) is 5.56 Å². The molecule has 0 aliphatic heterocycles. The van der Waals surface area contributed by atoms with Gasteiger partial charge in [0.2, 0.25) is 0 Å². The number of hydrogen-bond acceptors (Lipinski definition) is 3. The van der Waals surface area contributed by atoms with E-state index in [-0.39, 0.29) is 12.1 Å². The summed E-state index contributed by atoms with van der Waals surface area (Å²) in [6.07, 6.45) is 2.48. The van der Waals surface area contributed by atoms with Crippen molar-refractivity contribution in [3.63, 3.8) is 0 Å². The van der Waals surface area contributed by atoms with Crippen molar-refractivity contribution < 1.29 is 14.3 Å². The van der Waals surface area contributed by atoms with Crippen LogP contribution in [-0.4, -0.2) is 23.6 Å². The van der Waals surface area contributed by atoms with Crippen molar-refractivity contribution in [2.24, 2.45) is 0 Å². The molecule has 1 atom stereocenters. The van der Waals surface area contributed by atoms with E-state index in [0.29, 0.717) is 18.8 Å². The highest BCUT2D eigenvalue weighted by molar-refractivity contribution is 5.97. The van der Waals surface area contributed by atoms with Crippen LogP contribution in [0.25, 0.3) is 5.52 Å². The minimum Gasteiger partial charge on any atom is -0.462 e. The number of nitrogens with zero attached hydrogens (tertiary/aromatic N) is 1. The summed E-state index contributed by atoms with van der Waals surface area (Å²) in [6, 6.07) is 28.1. The maximum Gasteiger partial charge on any atom is 0.340 e. The quantitative estimate of drug-likeness (QED) is 0.369. The molecule has 2 aromatic heterocycles. The van der Waals surface area contributed by atoms with Gasteiger partial charge >= 0.3 is 5.97 Å². The lowest BCUT2D eigenvalue weighted by molar-refractivity contribution is 0.0528. The van der Waals surface area contributed by atoms with Crippen molar-refractivity contribution in [3.8, 4) is 0 Å². The fourth-order valence-electron chi connectivity index (χ4n) is 3.67. The second-order valence-electron chi connectivity index (χ2n) is 7.06. The molecule has 2 aromatic carbocycles. The second-order valence-corrected chi connectivity index (χ2v) is 7.06. The van der Waals surface area contributed by atoms with Gasteiger partial charge in [-0.1, -0.05) is 66.7 Å². The van der Waals surface area contributed by atoms with Gasteiger partial charge in [0.05, 0.1) is 30.0 Å². The number of rotatable bonds is 8. The normalized spacial score (nSPS) is 12.0. The molecular formula is C26H25NO3. The van der Waals surface area contributed by atoms with Crippen molar-refractivity contribution in [2.45, 2.75) is 19.4 Å². The molecule has 4 rings (SSSR count). The largest absolute Gasteiger partial charge is 0.462 e. The summed E-state index contributed by atoms with van der Waals surface area (Å²) in [5.41, 5.74) is 4.56. The number of carbonyl (C=O) groups is 1. The third-order valence-corrected chi connectivity index (χ3v) is 5.09. The summed E-state index contributed by atoms with van der Waals surface area (Å²) in [6.45, 7) is 2.73. The van der Waals surface area contributed by atoms with Gasteiger partial charge in [0.15, 0.2) is 0 Å². The molecule has 0 aliphatic rings. The standard InChI is InChI=1S/C26H25NO3/c1-2-29-26(28)22-19-24(27-17-10-9-15-23(22)27)25(21-13-7-4-8-14-21)30-18-16-20-11-5-3-6-12-20/h3-15,17,19,25H,2,16,18H2,1H3/t25-/m0/s1. The fourth-order valence-corrected chi connectivity index (χ4v) is 3.67. The van der Waals surface area contributed by atoms with Crippen LogP contribution in [0.15, 0.2) is 91.1 Å². The van der Waals surface area contributed by atoms with E-state index in [2.05, 4.69) is 24.3 Å². The maximum absolute atomic E-state index is 12.6. The second kappa shape index (κ2) is 9.42. The number of fused-ring (bicyclic) bond motifs is 1. The lowest BCUT2D eigenvalue weighted by atomic mass is 10.1. The molecule has 0 radical (unpaired) electrons. The molecule has 0 saturated carbocycles. The SMILES string of the molecule is CCOC(=O)c1cc([C@@H](OCCc2ccccc2)c2ccccc2)n2ccccc12. The van der Waals surface area contributed by atoms with E-state index in [9.17, 15) is 4.79 Å².